The number of rotatable bonds is 5. The number of fused-ring (bicyclic) bond motifs is 6. The lowest BCUT2D eigenvalue weighted by Gasteiger charge is -2.11. The largest absolute Gasteiger partial charge is 0.456 e. The van der Waals surface area contributed by atoms with Crippen LogP contribution in [0.15, 0.2) is 168 Å². The fraction of sp³-hybridized carbons (Fsp3) is 0. The smallest absolute Gasteiger partial charge is 0.164 e. The van der Waals surface area contributed by atoms with Crippen LogP contribution < -0.4 is 0 Å². The first-order valence-electron chi connectivity index (χ1n) is 16.6. The minimum absolute atomic E-state index is 0.585. The Kier molecular flexibility index (Phi) is 6.39. The molecular formula is C44H27N5O. The maximum Gasteiger partial charge on any atom is 0.164 e. The summed E-state index contributed by atoms with van der Waals surface area (Å²) in [7, 11) is 0. The van der Waals surface area contributed by atoms with Crippen molar-refractivity contribution in [2.45, 2.75) is 0 Å². The van der Waals surface area contributed by atoms with Gasteiger partial charge in [0.15, 0.2) is 17.5 Å². The topological polar surface area (TPSA) is 69.6 Å². The molecule has 0 fully saturated rings. The summed E-state index contributed by atoms with van der Waals surface area (Å²) in [5.74, 6) is 2.60. The molecule has 4 aromatic heterocycles. The van der Waals surface area contributed by atoms with E-state index in [1.807, 2.05) is 91.1 Å². The first-order chi connectivity index (χ1) is 24.8. The Bertz CT molecular complexity index is 2820. The van der Waals surface area contributed by atoms with Crippen LogP contribution in [-0.4, -0.2) is 24.5 Å². The second-order valence-corrected chi connectivity index (χ2v) is 12.3. The molecule has 234 valence electrons. The van der Waals surface area contributed by atoms with Gasteiger partial charge in [-0.1, -0.05) is 121 Å². The molecule has 0 spiro atoms. The summed E-state index contributed by atoms with van der Waals surface area (Å²) in [4.78, 5) is 19.8. The molecule has 0 bridgehead atoms. The number of furan rings is 1. The SMILES string of the molecule is c1ccc(-c2nc(-c3ccccc3)nc(-c3ccnc(-n4c5ccccc5c5ccc(-c6cccc7oc8ccccc8c67)cc54)c3)n2)cc1. The van der Waals surface area contributed by atoms with Gasteiger partial charge in [0.05, 0.1) is 11.0 Å². The molecule has 10 rings (SSSR count). The molecule has 0 saturated carbocycles. The van der Waals surface area contributed by atoms with Gasteiger partial charge in [-0.05, 0) is 47.5 Å². The molecule has 0 N–H and O–H groups in total. The molecule has 6 nitrogen and oxygen atoms in total. The predicted molar refractivity (Wildman–Crippen MR) is 201 cm³/mol. The van der Waals surface area contributed by atoms with Crippen LogP contribution in [0.25, 0.3) is 94.9 Å². The van der Waals surface area contributed by atoms with Crippen LogP contribution in [0.5, 0.6) is 0 Å². The highest BCUT2D eigenvalue weighted by atomic mass is 16.3. The number of hydrogen-bond acceptors (Lipinski definition) is 5. The Morgan fingerprint density at radius 3 is 1.80 bits per heavy atom. The Labute approximate surface area is 287 Å². The van der Waals surface area contributed by atoms with Crippen molar-refractivity contribution in [3.8, 4) is 51.1 Å². The van der Waals surface area contributed by atoms with Crippen molar-refractivity contribution in [2.24, 2.45) is 0 Å². The Morgan fingerprint density at radius 1 is 0.420 bits per heavy atom. The summed E-state index contributed by atoms with van der Waals surface area (Å²) in [6.45, 7) is 0. The molecule has 0 saturated heterocycles. The average molecular weight is 642 g/mol. The number of aromatic nitrogens is 5. The molecule has 0 radical (unpaired) electrons. The van der Waals surface area contributed by atoms with Crippen LogP contribution in [-0.2, 0) is 0 Å². The fourth-order valence-electron chi connectivity index (χ4n) is 7.02. The van der Waals surface area contributed by atoms with Crippen LogP contribution in [0.2, 0.25) is 0 Å². The lowest BCUT2D eigenvalue weighted by Crippen LogP contribution is -2.02. The van der Waals surface area contributed by atoms with Crippen molar-refractivity contribution in [3.63, 3.8) is 0 Å². The highest BCUT2D eigenvalue weighted by Crippen LogP contribution is 2.40. The third-order valence-corrected chi connectivity index (χ3v) is 9.32. The van der Waals surface area contributed by atoms with Crippen LogP contribution in [0.4, 0.5) is 0 Å². The highest BCUT2D eigenvalue weighted by Gasteiger charge is 2.18. The van der Waals surface area contributed by atoms with Crippen LogP contribution >= 0.6 is 0 Å². The standard InChI is InChI=1S/C44H27N5O/c1-3-12-28(13-4-1)42-46-43(29-14-5-2-6-15-29)48-44(47-42)31-24-25-45-40(27-31)49-36-19-9-7-16-33(36)34-23-22-30(26-37(34)49)32-18-11-21-39-41(32)35-17-8-10-20-38(35)50-39/h1-27H. The van der Waals surface area contributed by atoms with Crippen molar-refractivity contribution in [3.05, 3.63) is 164 Å². The summed E-state index contributed by atoms with van der Waals surface area (Å²) in [5.41, 5.74) is 8.83. The zero-order valence-corrected chi connectivity index (χ0v) is 26.7. The van der Waals surface area contributed by atoms with Crippen molar-refractivity contribution in [1.29, 1.82) is 0 Å². The van der Waals surface area contributed by atoms with Gasteiger partial charge in [0.2, 0.25) is 0 Å². The number of nitrogens with zero attached hydrogens (tertiary/aromatic N) is 5. The molecule has 6 heteroatoms. The van der Waals surface area contributed by atoms with Gasteiger partial charge in [-0.2, -0.15) is 0 Å². The van der Waals surface area contributed by atoms with Gasteiger partial charge < -0.3 is 4.42 Å². The zero-order valence-electron chi connectivity index (χ0n) is 26.7. The minimum atomic E-state index is 0.585. The molecule has 50 heavy (non-hydrogen) atoms. The molecule has 0 amide bonds. The van der Waals surface area contributed by atoms with Gasteiger partial charge in [-0.3, -0.25) is 4.57 Å². The summed E-state index contributed by atoms with van der Waals surface area (Å²) >= 11 is 0. The summed E-state index contributed by atoms with van der Waals surface area (Å²) in [6, 6.07) is 53.8. The predicted octanol–water partition coefficient (Wildman–Crippen LogP) is 10.9. The van der Waals surface area contributed by atoms with E-state index < -0.39 is 0 Å². The fourth-order valence-corrected chi connectivity index (χ4v) is 7.02. The van der Waals surface area contributed by atoms with Gasteiger partial charge in [0.25, 0.3) is 0 Å². The van der Waals surface area contributed by atoms with E-state index in [0.717, 1.165) is 77.4 Å². The Hall–Kier alpha value is -6.92. The van der Waals surface area contributed by atoms with Crippen LogP contribution in [0.3, 0.4) is 0 Å². The molecule has 0 unspecified atom stereocenters. The van der Waals surface area contributed by atoms with E-state index in [9.17, 15) is 0 Å². The number of benzene rings is 6. The number of pyridine rings is 1. The normalized spacial score (nSPS) is 11.6. The number of hydrogen-bond donors (Lipinski definition) is 0. The second kappa shape index (κ2) is 11.4. The molecule has 0 aliphatic carbocycles. The van der Waals surface area contributed by atoms with Gasteiger partial charge in [-0.15, -0.1) is 0 Å². The quantitative estimate of drug-likeness (QED) is 0.187. The second-order valence-electron chi connectivity index (χ2n) is 12.3. The van der Waals surface area contributed by atoms with Crippen LogP contribution in [0, 0.1) is 0 Å². The van der Waals surface area contributed by atoms with Crippen LogP contribution in [0.1, 0.15) is 0 Å². The zero-order chi connectivity index (χ0) is 33.0. The van der Waals surface area contributed by atoms with E-state index in [-0.39, 0.29) is 0 Å². The van der Waals surface area contributed by atoms with Crippen molar-refractivity contribution >= 4 is 43.7 Å². The van der Waals surface area contributed by atoms with E-state index in [4.69, 9.17) is 24.4 Å². The molecular weight excluding hydrogens is 615 g/mol. The number of para-hydroxylation sites is 2. The van der Waals surface area contributed by atoms with E-state index in [1.54, 1.807) is 0 Å². The molecule has 0 atom stereocenters. The van der Waals surface area contributed by atoms with Crippen molar-refractivity contribution in [1.82, 2.24) is 24.5 Å². The maximum atomic E-state index is 6.24. The average Bonchev–Trinajstić information content (AvgIpc) is 3.74. The Balaban J connectivity index is 1.18. The molecule has 10 aromatic rings. The molecule has 0 aliphatic heterocycles. The third-order valence-electron chi connectivity index (χ3n) is 9.32. The Morgan fingerprint density at radius 2 is 1.04 bits per heavy atom. The van der Waals surface area contributed by atoms with Gasteiger partial charge in [0, 0.05) is 44.4 Å². The molecule has 6 aromatic carbocycles. The minimum Gasteiger partial charge on any atom is -0.456 e. The van der Waals surface area contributed by atoms with Gasteiger partial charge in [0.1, 0.15) is 17.0 Å². The lowest BCUT2D eigenvalue weighted by molar-refractivity contribution is 0.669. The van der Waals surface area contributed by atoms with E-state index >= 15 is 0 Å². The lowest BCUT2D eigenvalue weighted by atomic mass is 9.98. The maximum absolute atomic E-state index is 6.24. The summed E-state index contributed by atoms with van der Waals surface area (Å²) in [5, 5.41) is 4.53. The van der Waals surface area contributed by atoms with Crippen molar-refractivity contribution < 1.29 is 4.42 Å². The van der Waals surface area contributed by atoms with Crippen molar-refractivity contribution in [2.75, 3.05) is 0 Å². The van der Waals surface area contributed by atoms with E-state index in [2.05, 4.69) is 77.4 Å². The summed E-state index contributed by atoms with van der Waals surface area (Å²) < 4.78 is 8.48. The molecule has 0 aliphatic rings. The van der Waals surface area contributed by atoms with Gasteiger partial charge in [-0.25, -0.2) is 19.9 Å². The van der Waals surface area contributed by atoms with E-state index in [0.29, 0.717) is 17.5 Å². The van der Waals surface area contributed by atoms with E-state index in [1.165, 1.54) is 0 Å². The third kappa shape index (κ3) is 4.58. The highest BCUT2D eigenvalue weighted by molar-refractivity contribution is 6.14. The first kappa shape index (κ1) is 28.1. The monoisotopic (exact) mass is 641 g/mol. The first-order valence-corrected chi connectivity index (χ1v) is 16.6. The summed E-state index contributed by atoms with van der Waals surface area (Å²) in [6.07, 6.45) is 1.83. The van der Waals surface area contributed by atoms with Gasteiger partial charge >= 0.3 is 0 Å². The molecule has 4 heterocycles.